The maximum atomic E-state index is 12.5. The fourth-order valence-electron chi connectivity index (χ4n) is 2.30. The van der Waals surface area contributed by atoms with Gasteiger partial charge < -0.3 is 11.5 Å². The molecule has 0 unspecified atom stereocenters. The van der Waals surface area contributed by atoms with Crippen LogP contribution in [0.5, 0.6) is 0 Å². The minimum atomic E-state index is -0.381. The first-order chi connectivity index (χ1) is 9.45. The lowest BCUT2D eigenvalue weighted by Gasteiger charge is -2.21. The Bertz CT molecular complexity index is 734. The normalized spacial score (nSPS) is 13.1. The molecule has 6 heteroatoms. The molecule has 0 aromatic heterocycles. The van der Waals surface area contributed by atoms with E-state index >= 15 is 0 Å². The number of hydrogen-bond donors (Lipinski definition) is 2. The maximum Gasteiger partial charge on any atom is 0.196 e. The molecule has 2 aromatic carbocycles. The minimum absolute atomic E-state index is 0.0101. The van der Waals surface area contributed by atoms with Crippen molar-refractivity contribution >= 4 is 46.1 Å². The minimum Gasteiger partial charge on any atom is -0.396 e. The second-order valence-corrected chi connectivity index (χ2v) is 5.17. The summed E-state index contributed by atoms with van der Waals surface area (Å²) >= 11 is 12.2. The van der Waals surface area contributed by atoms with Gasteiger partial charge in [0.2, 0.25) is 0 Å². The van der Waals surface area contributed by atoms with Crippen LogP contribution >= 0.6 is 23.2 Å². The number of halogens is 2. The van der Waals surface area contributed by atoms with Crippen molar-refractivity contribution in [1.29, 1.82) is 0 Å². The molecule has 1 aliphatic carbocycles. The van der Waals surface area contributed by atoms with Crippen LogP contribution in [0.1, 0.15) is 31.8 Å². The van der Waals surface area contributed by atoms with E-state index in [4.69, 9.17) is 34.7 Å². The molecule has 0 saturated carbocycles. The Balaban J connectivity index is 2.46. The molecule has 0 saturated heterocycles. The molecule has 0 bridgehead atoms. The van der Waals surface area contributed by atoms with Crippen molar-refractivity contribution in [3.63, 3.8) is 0 Å². The lowest BCUT2D eigenvalue weighted by atomic mass is 9.83. The van der Waals surface area contributed by atoms with Crippen molar-refractivity contribution < 1.29 is 9.59 Å². The summed E-state index contributed by atoms with van der Waals surface area (Å²) in [6, 6.07) is 6.47. The van der Waals surface area contributed by atoms with E-state index in [-0.39, 0.29) is 55.2 Å². The Morgan fingerprint density at radius 2 is 1.10 bits per heavy atom. The van der Waals surface area contributed by atoms with Crippen molar-refractivity contribution in [3.8, 4) is 0 Å². The highest BCUT2D eigenvalue weighted by Gasteiger charge is 2.35. The number of carbonyl (C=O) groups is 2. The van der Waals surface area contributed by atoms with E-state index in [1.54, 1.807) is 24.3 Å². The summed E-state index contributed by atoms with van der Waals surface area (Å²) in [5.74, 6) is -0.761. The van der Waals surface area contributed by atoms with Gasteiger partial charge in [0, 0.05) is 11.1 Å². The maximum absolute atomic E-state index is 12.5. The van der Waals surface area contributed by atoms with Crippen LogP contribution in [0.25, 0.3) is 0 Å². The number of carbonyl (C=O) groups excluding carboxylic acids is 2. The summed E-state index contributed by atoms with van der Waals surface area (Å²) < 4.78 is 0. The number of benzene rings is 2. The Hall–Kier alpha value is -2.04. The SMILES string of the molecule is Nc1c(N)c(Cl)c2c(c1Cl)C(=O)c1ccccc1C2=O. The predicted octanol–water partition coefficient (Wildman–Crippen LogP) is 2.93. The molecular weight excluding hydrogens is 299 g/mol. The van der Waals surface area contributed by atoms with Crippen LogP contribution < -0.4 is 11.5 Å². The van der Waals surface area contributed by atoms with Gasteiger partial charge in [-0.05, 0) is 0 Å². The molecule has 0 heterocycles. The fraction of sp³-hybridized carbons (Fsp3) is 0. The molecule has 0 aliphatic heterocycles. The second kappa shape index (κ2) is 4.23. The standard InChI is InChI=1S/C14H8Cl2N2O2/c15-9-7-8(10(16)12(18)11(9)17)14(20)6-4-2-1-3-5(6)13(7)19/h1-4H,17-18H2. The van der Waals surface area contributed by atoms with Gasteiger partial charge in [0.15, 0.2) is 11.6 Å². The van der Waals surface area contributed by atoms with Gasteiger partial charge in [-0.2, -0.15) is 0 Å². The van der Waals surface area contributed by atoms with Gasteiger partial charge in [-0.1, -0.05) is 47.5 Å². The van der Waals surface area contributed by atoms with E-state index < -0.39 is 0 Å². The first-order valence-corrected chi connectivity index (χ1v) is 6.45. The predicted molar refractivity (Wildman–Crippen MR) is 78.6 cm³/mol. The van der Waals surface area contributed by atoms with Crippen LogP contribution in [0.15, 0.2) is 24.3 Å². The number of ketones is 2. The van der Waals surface area contributed by atoms with Crippen molar-refractivity contribution in [2.24, 2.45) is 0 Å². The fourth-order valence-corrected chi connectivity index (χ4v) is 2.86. The van der Waals surface area contributed by atoms with Gasteiger partial charge in [0.05, 0.1) is 32.5 Å². The van der Waals surface area contributed by atoms with Crippen LogP contribution in [-0.4, -0.2) is 11.6 Å². The summed E-state index contributed by atoms with van der Waals surface area (Å²) in [6.45, 7) is 0. The van der Waals surface area contributed by atoms with Gasteiger partial charge in [-0.15, -0.1) is 0 Å². The topological polar surface area (TPSA) is 86.2 Å². The van der Waals surface area contributed by atoms with E-state index in [2.05, 4.69) is 0 Å². The van der Waals surface area contributed by atoms with Crippen molar-refractivity contribution in [3.05, 3.63) is 56.6 Å². The van der Waals surface area contributed by atoms with Crippen LogP contribution in [0.4, 0.5) is 11.4 Å². The zero-order valence-electron chi connectivity index (χ0n) is 10.0. The van der Waals surface area contributed by atoms with E-state index in [0.29, 0.717) is 0 Å². The number of hydrogen-bond acceptors (Lipinski definition) is 4. The van der Waals surface area contributed by atoms with Gasteiger partial charge in [-0.3, -0.25) is 9.59 Å². The smallest absolute Gasteiger partial charge is 0.196 e. The van der Waals surface area contributed by atoms with Gasteiger partial charge in [-0.25, -0.2) is 0 Å². The van der Waals surface area contributed by atoms with E-state index in [1.807, 2.05) is 0 Å². The van der Waals surface area contributed by atoms with Gasteiger partial charge in [0.1, 0.15) is 0 Å². The number of rotatable bonds is 0. The highest BCUT2D eigenvalue weighted by atomic mass is 35.5. The third-order valence-electron chi connectivity index (χ3n) is 3.32. The molecule has 0 spiro atoms. The molecule has 3 rings (SSSR count). The monoisotopic (exact) mass is 306 g/mol. The van der Waals surface area contributed by atoms with Crippen LogP contribution in [0.2, 0.25) is 10.0 Å². The quantitative estimate of drug-likeness (QED) is 0.625. The zero-order chi connectivity index (χ0) is 14.6. The zero-order valence-corrected chi connectivity index (χ0v) is 11.5. The van der Waals surface area contributed by atoms with Gasteiger partial charge >= 0.3 is 0 Å². The molecule has 4 nitrogen and oxygen atoms in total. The number of anilines is 2. The number of nitrogens with two attached hydrogens (primary N) is 2. The lowest BCUT2D eigenvalue weighted by Crippen LogP contribution is -2.23. The Kier molecular flexibility index (Phi) is 2.74. The van der Waals surface area contributed by atoms with Crippen LogP contribution in [0.3, 0.4) is 0 Å². The Labute approximate surface area is 124 Å². The Morgan fingerprint density at radius 3 is 1.45 bits per heavy atom. The molecule has 1 aliphatic rings. The van der Waals surface area contributed by atoms with E-state index in [9.17, 15) is 9.59 Å². The molecule has 0 fully saturated rings. The molecule has 100 valence electrons. The molecule has 0 atom stereocenters. The van der Waals surface area contributed by atoms with E-state index in [0.717, 1.165) is 0 Å². The first kappa shape index (κ1) is 13.0. The summed E-state index contributed by atoms with van der Waals surface area (Å²) in [5, 5.41) is -0.0653. The average Bonchev–Trinajstić information content (AvgIpc) is 2.46. The summed E-state index contributed by atoms with van der Waals surface area (Å²) in [4.78, 5) is 25.0. The Morgan fingerprint density at radius 1 is 0.750 bits per heavy atom. The lowest BCUT2D eigenvalue weighted by molar-refractivity contribution is 0.0979. The molecule has 4 N–H and O–H groups in total. The largest absolute Gasteiger partial charge is 0.396 e. The van der Waals surface area contributed by atoms with Crippen molar-refractivity contribution in [2.45, 2.75) is 0 Å². The van der Waals surface area contributed by atoms with Crippen molar-refractivity contribution in [1.82, 2.24) is 0 Å². The third-order valence-corrected chi connectivity index (χ3v) is 4.11. The molecule has 2 aromatic rings. The first-order valence-electron chi connectivity index (χ1n) is 5.69. The molecule has 0 amide bonds. The van der Waals surface area contributed by atoms with Crippen LogP contribution in [-0.2, 0) is 0 Å². The highest BCUT2D eigenvalue weighted by Crippen LogP contribution is 2.43. The number of fused-ring (bicyclic) bond motifs is 2. The third kappa shape index (κ3) is 1.49. The highest BCUT2D eigenvalue weighted by molar-refractivity contribution is 6.46. The molecule has 20 heavy (non-hydrogen) atoms. The summed E-state index contributed by atoms with van der Waals surface area (Å²) in [7, 11) is 0. The average molecular weight is 307 g/mol. The summed E-state index contributed by atoms with van der Waals surface area (Å²) in [6.07, 6.45) is 0. The van der Waals surface area contributed by atoms with Crippen molar-refractivity contribution in [2.75, 3.05) is 11.5 Å². The molecule has 0 radical (unpaired) electrons. The molecular formula is C14H8Cl2N2O2. The van der Waals surface area contributed by atoms with Crippen LogP contribution in [0, 0.1) is 0 Å². The number of nitrogen functional groups attached to an aromatic ring is 2. The summed E-state index contributed by atoms with van der Waals surface area (Å²) in [5.41, 5.74) is 12.1. The van der Waals surface area contributed by atoms with E-state index in [1.165, 1.54) is 0 Å². The van der Waals surface area contributed by atoms with Gasteiger partial charge in [0.25, 0.3) is 0 Å². The second-order valence-electron chi connectivity index (χ2n) is 4.41.